The van der Waals surface area contributed by atoms with Gasteiger partial charge >= 0.3 is 0 Å². The summed E-state index contributed by atoms with van der Waals surface area (Å²) in [5, 5.41) is 13.7. The third kappa shape index (κ3) is 5.01. The van der Waals surface area contributed by atoms with Crippen molar-refractivity contribution in [3.05, 3.63) is 101 Å². The molecule has 5 aromatic rings. The first-order valence-corrected chi connectivity index (χ1v) is 13.7. The summed E-state index contributed by atoms with van der Waals surface area (Å²) in [6, 6.07) is 20.3. The number of aromatic nitrogens is 5. The van der Waals surface area contributed by atoms with E-state index in [-0.39, 0.29) is 0 Å². The lowest BCUT2D eigenvalue weighted by Gasteiger charge is -2.32. The van der Waals surface area contributed by atoms with Crippen LogP contribution < -0.4 is 17.0 Å². The van der Waals surface area contributed by atoms with Crippen molar-refractivity contribution in [2.45, 2.75) is 38.4 Å². The number of hydrogen-bond acceptors (Lipinski definition) is 7. The average Bonchev–Trinajstić information content (AvgIpc) is 3.30. The number of hydrogen-bond donors (Lipinski definition) is 3. The first-order valence-electron chi connectivity index (χ1n) is 13.7. The van der Waals surface area contributed by atoms with Crippen molar-refractivity contribution < 1.29 is 0 Å². The van der Waals surface area contributed by atoms with E-state index in [0.29, 0.717) is 17.2 Å². The van der Waals surface area contributed by atoms with Crippen molar-refractivity contribution in [1.82, 2.24) is 29.2 Å². The largest absolute Gasteiger partial charge is 0.384 e. The van der Waals surface area contributed by atoms with E-state index in [4.69, 9.17) is 16.9 Å². The number of aryl methyl sites for hydroxylation is 2. The van der Waals surface area contributed by atoms with Crippen molar-refractivity contribution in [3.63, 3.8) is 0 Å². The van der Waals surface area contributed by atoms with Gasteiger partial charge in [-0.3, -0.25) is 10.3 Å². The smallest absolute Gasteiger partial charge is 0.143 e. The summed E-state index contributed by atoms with van der Waals surface area (Å²) in [5.74, 6) is 1.05. The number of nitrogens with two attached hydrogens (primary N) is 2. The summed E-state index contributed by atoms with van der Waals surface area (Å²) < 4.78 is 3.78. The van der Waals surface area contributed by atoms with Gasteiger partial charge in [0.1, 0.15) is 23.1 Å². The second-order valence-corrected chi connectivity index (χ2v) is 10.7. The molecule has 0 bridgehead atoms. The predicted molar refractivity (Wildman–Crippen MR) is 157 cm³/mol. The fraction of sp³-hybridized carbons (Fsp3) is 0.290. The van der Waals surface area contributed by atoms with E-state index in [0.717, 1.165) is 65.9 Å². The normalized spacial score (nSPS) is 15.5. The van der Waals surface area contributed by atoms with Gasteiger partial charge in [-0.15, -0.1) is 0 Å². The summed E-state index contributed by atoms with van der Waals surface area (Å²) >= 11 is 0. The van der Waals surface area contributed by atoms with Gasteiger partial charge in [-0.05, 0) is 91.9 Å². The average molecular weight is 534 g/mol. The number of benzene rings is 1. The fourth-order valence-corrected chi connectivity index (χ4v) is 5.74. The maximum Gasteiger partial charge on any atom is 0.143 e. The van der Waals surface area contributed by atoms with Gasteiger partial charge in [-0.2, -0.15) is 5.10 Å². The summed E-state index contributed by atoms with van der Waals surface area (Å²) in [6.07, 6.45) is 5.44. The molecule has 1 saturated heterocycles. The number of likely N-dealkylation sites (tertiary alicyclic amines) is 1. The van der Waals surface area contributed by atoms with Crippen LogP contribution >= 0.6 is 0 Å². The third-order valence-electron chi connectivity index (χ3n) is 8.11. The zero-order chi connectivity index (χ0) is 27.8. The Bertz CT molecular complexity index is 1690. The highest BCUT2D eigenvalue weighted by Crippen LogP contribution is 2.32. The fourth-order valence-electron chi connectivity index (χ4n) is 5.74. The molecule has 1 fully saturated rings. The van der Waals surface area contributed by atoms with Crippen LogP contribution in [0.4, 0.5) is 5.82 Å². The summed E-state index contributed by atoms with van der Waals surface area (Å²) in [6.45, 7) is 4.89. The molecule has 1 aromatic carbocycles. The van der Waals surface area contributed by atoms with Gasteiger partial charge in [-0.25, -0.2) is 14.6 Å². The third-order valence-corrected chi connectivity index (χ3v) is 8.11. The monoisotopic (exact) mass is 533 g/mol. The van der Waals surface area contributed by atoms with E-state index in [9.17, 15) is 0 Å². The van der Waals surface area contributed by atoms with Crippen LogP contribution in [0.2, 0.25) is 0 Å². The van der Waals surface area contributed by atoms with Crippen LogP contribution in [0.5, 0.6) is 0 Å². The molecule has 1 aliphatic heterocycles. The molecule has 0 aliphatic carbocycles. The maximum absolute atomic E-state index is 8.15. The van der Waals surface area contributed by atoms with E-state index in [1.54, 1.807) is 10.7 Å². The molecular formula is C31H35N9. The molecule has 5 N–H and O–H groups in total. The maximum atomic E-state index is 8.15. The molecule has 0 saturated carbocycles. The van der Waals surface area contributed by atoms with Crippen LogP contribution in [0.3, 0.4) is 0 Å². The van der Waals surface area contributed by atoms with Crippen molar-refractivity contribution in [1.29, 1.82) is 5.41 Å². The second kappa shape index (κ2) is 10.7. The minimum absolute atomic E-state index is 0.301. The lowest BCUT2D eigenvalue weighted by molar-refractivity contribution is 0.201. The number of rotatable bonds is 6. The standard InChI is InChI=1S/C31H35N9/c1-20-3-10-29(33)40(37-20)30(34)23-6-4-21(5-7-23)22-12-15-39(16-13-22)19-25-17-27-26(11-14-35-31(27)38(25)2)24-8-9-28(32)36-18-24/h3-11,14,17-18,22,30,33H,12-13,15-16,19,34H2,1-2H3,(H2,32,36). The number of pyridine rings is 2. The molecule has 1 aliphatic rings. The number of nitrogen functional groups attached to an aromatic ring is 1. The molecule has 0 spiro atoms. The molecular weight excluding hydrogens is 498 g/mol. The Morgan fingerprint density at radius 1 is 1.00 bits per heavy atom. The van der Waals surface area contributed by atoms with Crippen LogP contribution in [0.1, 0.15) is 47.4 Å². The highest BCUT2D eigenvalue weighted by atomic mass is 15.3. The molecule has 6 rings (SSSR count). The Balaban J connectivity index is 1.12. The van der Waals surface area contributed by atoms with Gasteiger partial charge in [0.15, 0.2) is 0 Å². The molecule has 1 atom stereocenters. The Morgan fingerprint density at radius 2 is 1.77 bits per heavy atom. The van der Waals surface area contributed by atoms with Crippen LogP contribution in [0.15, 0.2) is 73.1 Å². The van der Waals surface area contributed by atoms with Gasteiger partial charge in [0, 0.05) is 42.6 Å². The SMILES string of the molecule is Cc1ccc(=N)n(C(N)c2ccc(C3CCN(Cc4cc5c(-c6ccc(N)nc6)ccnc5n4C)CC3)cc2)n1. The molecule has 4 aromatic heterocycles. The minimum Gasteiger partial charge on any atom is -0.384 e. The Labute approximate surface area is 233 Å². The lowest BCUT2D eigenvalue weighted by Crippen LogP contribution is -2.33. The van der Waals surface area contributed by atoms with Crippen LogP contribution in [-0.2, 0) is 13.6 Å². The topological polar surface area (TPSA) is 128 Å². The van der Waals surface area contributed by atoms with Crippen LogP contribution in [-0.4, -0.2) is 42.3 Å². The van der Waals surface area contributed by atoms with E-state index in [1.165, 1.54) is 11.3 Å². The number of fused-ring (bicyclic) bond motifs is 1. The summed E-state index contributed by atoms with van der Waals surface area (Å²) in [4.78, 5) is 11.5. The summed E-state index contributed by atoms with van der Waals surface area (Å²) in [5.41, 5.74) is 20.1. The van der Waals surface area contributed by atoms with Crippen LogP contribution in [0, 0.1) is 12.3 Å². The molecule has 0 radical (unpaired) electrons. The highest BCUT2D eigenvalue weighted by Gasteiger charge is 2.23. The van der Waals surface area contributed by atoms with Gasteiger partial charge in [0.25, 0.3) is 0 Å². The first-order chi connectivity index (χ1) is 19.4. The Kier molecular flexibility index (Phi) is 6.91. The first kappa shape index (κ1) is 25.9. The number of nitrogens with zero attached hydrogens (tertiary/aromatic N) is 6. The van der Waals surface area contributed by atoms with E-state index in [2.05, 4.69) is 61.9 Å². The number of nitrogens with one attached hydrogen (secondary N) is 1. The molecule has 1 unspecified atom stereocenters. The molecule has 5 heterocycles. The van der Waals surface area contributed by atoms with Crippen molar-refractivity contribution in [2.24, 2.45) is 12.8 Å². The number of anilines is 1. The van der Waals surface area contributed by atoms with E-state index >= 15 is 0 Å². The van der Waals surface area contributed by atoms with Crippen molar-refractivity contribution in [3.8, 4) is 11.1 Å². The van der Waals surface area contributed by atoms with Crippen molar-refractivity contribution in [2.75, 3.05) is 18.8 Å². The molecule has 0 amide bonds. The van der Waals surface area contributed by atoms with E-state index in [1.807, 2.05) is 43.6 Å². The van der Waals surface area contributed by atoms with Gasteiger partial charge < -0.3 is 16.0 Å². The molecule has 9 heteroatoms. The molecule has 204 valence electrons. The zero-order valence-corrected chi connectivity index (χ0v) is 23.0. The Morgan fingerprint density at radius 3 is 2.50 bits per heavy atom. The summed E-state index contributed by atoms with van der Waals surface area (Å²) in [7, 11) is 2.10. The van der Waals surface area contributed by atoms with Gasteiger partial charge in [0.2, 0.25) is 0 Å². The quantitative estimate of drug-likeness (QED) is 0.302. The molecule has 40 heavy (non-hydrogen) atoms. The highest BCUT2D eigenvalue weighted by molar-refractivity contribution is 5.93. The minimum atomic E-state index is -0.476. The second-order valence-electron chi connectivity index (χ2n) is 10.7. The lowest BCUT2D eigenvalue weighted by atomic mass is 9.89. The number of piperidine rings is 1. The van der Waals surface area contributed by atoms with Gasteiger partial charge in [0.05, 0.1) is 5.69 Å². The van der Waals surface area contributed by atoms with Crippen LogP contribution in [0.25, 0.3) is 22.2 Å². The molecule has 9 nitrogen and oxygen atoms in total. The van der Waals surface area contributed by atoms with E-state index < -0.39 is 6.17 Å². The predicted octanol–water partition coefficient (Wildman–Crippen LogP) is 4.09. The zero-order valence-electron chi connectivity index (χ0n) is 23.0. The van der Waals surface area contributed by atoms with Crippen molar-refractivity contribution >= 4 is 16.9 Å². The Hall–Kier alpha value is -4.34. The van der Waals surface area contributed by atoms with Gasteiger partial charge in [-0.1, -0.05) is 24.3 Å².